The van der Waals surface area contributed by atoms with E-state index in [0.717, 1.165) is 61.9 Å². The fraction of sp³-hybridized carbons (Fsp3) is 0.679. The number of hydrogen-bond donors (Lipinski definition) is 2. The lowest BCUT2D eigenvalue weighted by Crippen LogP contribution is -2.42. The molecule has 1 aliphatic carbocycles. The van der Waals surface area contributed by atoms with Crippen LogP contribution in [0.1, 0.15) is 102 Å². The van der Waals surface area contributed by atoms with Gasteiger partial charge in [0.05, 0.1) is 10.7 Å². The second-order valence-corrected chi connectivity index (χ2v) is 11.4. The zero-order chi connectivity index (χ0) is 26.0. The lowest BCUT2D eigenvalue weighted by Gasteiger charge is -2.42. The van der Waals surface area contributed by atoms with Crippen LogP contribution in [-0.2, 0) is 9.59 Å². The van der Waals surface area contributed by atoms with Gasteiger partial charge in [0.15, 0.2) is 0 Å². The first-order valence-corrected chi connectivity index (χ1v) is 13.8. The quantitative estimate of drug-likeness (QED) is 0.229. The van der Waals surface area contributed by atoms with Crippen LogP contribution in [-0.4, -0.2) is 33.1 Å². The summed E-state index contributed by atoms with van der Waals surface area (Å²) in [7, 11) is 0. The van der Waals surface area contributed by atoms with Crippen molar-refractivity contribution in [1.82, 2.24) is 4.98 Å². The molecule has 3 unspecified atom stereocenters. The predicted octanol–water partition coefficient (Wildman–Crippen LogP) is 7.29. The summed E-state index contributed by atoms with van der Waals surface area (Å²) >= 11 is 1.45. The molecule has 1 aliphatic rings. The van der Waals surface area contributed by atoms with Crippen molar-refractivity contribution in [3.8, 4) is 0 Å². The van der Waals surface area contributed by atoms with E-state index in [4.69, 9.17) is 5.11 Å². The highest BCUT2D eigenvalue weighted by molar-refractivity contribution is 7.09. The van der Waals surface area contributed by atoms with Crippen molar-refractivity contribution in [2.24, 2.45) is 17.3 Å². The Bertz CT molecular complexity index is 903. The molecule has 1 heterocycles. The molecule has 1 fully saturated rings. The van der Waals surface area contributed by atoms with Crippen LogP contribution < -0.4 is 0 Å². The maximum atomic E-state index is 14.2. The third-order valence-electron chi connectivity index (χ3n) is 7.40. The molecule has 0 aromatic carbocycles. The summed E-state index contributed by atoms with van der Waals surface area (Å²) in [4.78, 5) is 28.5. The number of carboxylic acids is 1. The van der Waals surface area contributed by atoms with E-state index in [9.17, 15) is 19.1 Å². The van der Waals surface area contributed by atoms with Crippen molar-refractivity contribution in [3.05, 3.63) is 33.6 Å². The number of aryl methyl sites for hydroxylation is 1. The summed E-state index contributed by atoms with van der Waals surface area (Å²) in [5, 5.41) is 21.8. The number of rotatable bonds is 16. The third-order valence-corrected chi connectivity index (χ3v) is 8.19. The van der Waals surface area contributed by atoms with Gasteiger partial charge >= 0.3 is 5.97 Å². The molecular formula is C28H42FNO4S. The number of thiazole rings is 1. The van der Waals surface area contributed by atoms with Crippen molar-refractivity contribution >= 4 is 29.2 Å². The number of allylic oxidation sites excluding steroid dienone is 1. The standard InChI is InChI=1S/C28H42FNO4S/c1-5-22(27(34)28(13-7-14-28)15-12-26(32)33)16-20(3)9-6-8-19(2)10-11-25(31)24(29)17-23-18-35-21(4)30-23/h10,17-18,20,22,25,31H,5-9,11-16H2,1-4H3,(H,32,33)/b19-10+,24-17-. The van der Waals surface area contributed by atoms with Crippen molar-refractivity contribution in [2.75, 3.05) is 0 Å². The molecule has 0 bridgehead atoms. The lowest BCUT2D eigenvalue weighted by atomic mass is 9.60. The number of aromatic nitrogens is 1. The number of hydrogen-bond acceptors (Lipinski definition) is 5. The van der Waals surface area contributed by atoms with Gasteiger partial charge in [0.25, 0.3) is 0 Å². The summed E-state index contributed by atoms with van der Waals surface area (Å²) in [5.41, 5.74) is 1.26. The lowest BCUT2D eigenvalue weighted by molar-refractivity contribution is -0.143. The zero-order valence-corrected chi connectivity index (χ0v) is 22.5. The maximum Gasteiger partial charge on any atom is 0.303 e. The van der Waals surface area contributed by atoms with Gasteiger partial charge in [-0.05, 0) is 77.2 Å². The Morgan fingerprint density at radius 1 is 1.31 bits per heavy atom. The fourth-order valence-electron chi connectivity index (χ4n) is 5.01. The van der Waals surface area contributed by atoms with Gasteiger partial charge in [-0.15, -0.1) is 11.3 Å². The van der Waals surface area contributed by atoms with E-state index < -0.39 is 23.3 Å². The topological polar surface area (TPSA) is 87.5 Å². The van der Waals surface area contributed by atoms with E-state index >= 15 is 0 Å². The maximum absolute atomic E-state index is 14.2. The molecule has 0 saturated heterocycles. The highest BCUT2D eigenvalue weighted by Crippen LogP contribution is 2.48. The molecule has 1 aromatic heterocycles. The van der Waals surface area contributed by atoms with Gasteiger partial charge in [0, 0.05) is 23.1 Å². The summed E-state index contributed by atoms with van der Waals surface area (Å²) in [6.45, 7) is 8.10. The van der Waals surface area contributed by atoms with Crippen LogP contribution in [0.4, 0.5) is 4.39 Å². The number of carboxylic acid groups (broad SMARTS) is 1. The summed E-state index contributed by atoms with van der Waals surface area (Å²) in [6, 6.07) is 0. The Labute approximate surface area is 213 Å². The highest BCUT2D eigenvalue weighted by Gasteiger charge is 2.45. The van der Waals surface area contributed by atoms with Gasteiger partial charge < -0.3 is 10.2 Å². The molecule has 0 amide bonds. The van der Waals surface area contributed by atoms with Crippen LogP contribution in [0, 0.1) is 24.2 Å². The minimum absolute atomic E-state index is 0.00199. The van der Waals surface area contributed by atoms with Crippen LogP contribution >= 0.6 is 11.3 Å². The zero-order valence-electron chi connectivity index (χ0n) is 21.7. The molecule has 7 heteroatoms. The number of nitrogens with zero attached hydrogens (tertiary/aromatic N) is 1. The Morgan fingerprint density at radius 3 is 2.57 bits per heavy atom. The smallest absolute Gasteiger partial charge is 0.303 e. The van der Waals surface area contributed by atoms with Crippen LogP contribution in [0.3, 0.4) is 0 Å². The number of aliphatic hydroxyl groups excluding tert-OH is 1. The normalized spacial score (nSPS) is 18.6. The van der Waals surface area contributed by atoms with Crippen LogP contribution in [0.2, 0.25) is 0 Å². The molecule has 2 N–H and O–H groups in total. The molecule has 0 spiro atoms. The third kappa shape index (κ3) is 9.26. The number of halogens is 1. The minimum atomic E-state index is -1.16. The monoisotopic (exact) mass is 507 g/mol. The van der Waals surface area contributed by atoms with Gasteiger partial charge in [-0.3, -0.25) is 9.59 Å². The highest BCUT2D eigenvalue weighted by atomic mass is 32.1. The second kappa shape index (κ2) is 14.0. The molecule has 0 aliphatic heterocycles. The fourth-order valence-corrected chi connectivity index (χ4v) is 5.58. The second-order valence-electron chi connectivity index (χ2n) is 10.4. The van der Waals surface area contributed by atoms with Crippen molar-refractivity contribution in [3.63, 3.8) is 0 Å². The average Bonchev–Trinajstić information content (AvgIpc) is 3.18. The van der Waals surface area contributed by atoms with Crippen LogP contribution in [0.15, 0.2) is 22.9 Å². The molecule has 3 atom stereocenters. The Morgan fingerprint density at radius 2 is 2.03 bits per heavy atom. The van der Waals surface area contributed by atoms with Gasteiger partial charge in [-0.1, -0.05) is 38.3 Å². The number of ketones is 1. The first kappa shape index (κ1) is 29.4. The number of aliphatic hydroxyl groups is 1. The van der Waals surface area contributed by atoms with E-state index in [1.807, 2.05) is 19.9 Å². The van der Waals surface area contributed by atoms with Crippen molar-refractivity contribution in [2.45, 2.75) is 104 Å². The van der Waals surface area contributed by atoms with Crippen molar-refractivity contribution in [1.29, 1.82) is 0 Å². The number of carbonyl (C=O) groups excluding carboxylic acids is 1. The molecule has 1 saturated carbocycles. The summed E-state index contributed by atoms with van der Waals surface area (Å²) < 4.78 is 14.2. The number of carbonyl (C=O) groups is 2. The predicted molar refractivity (Wildman–Crippen MR) is 140 cm³/mol. The van der Waals surface area contributed by atoms with Crippen LogP contribution in [0.25, 0.3) is 6.08 Å². The summed E-state index contributed by atoms with van der Waals surface area (Å²) in [6.07, 6.45) is 9.98. The number of aliphatic carboxylic acids is 1. The molecule has 35 heavy (non-hydrogen) atoms. The molecule has 0 radical (unpaired) electrons. The molecule has 1 aromatic rings. The number of Topliss-reactive ketones (excluding diaryl/α,β-unsaturated/α-hetero) is 1. The van der Waals surface area contributed by atoms with Crippen molar-refractivity contribution < 1.29 is 24.2 Å². The molecule has 196 valence electrons. The van der Waals surface area contributed by atoms with Crippen LogP contribution in [0.5, 0.6) is 0 Å². The Balaban J connectivity index is 1.76. The average molecular weight is 508 g/mol. The van der Waals surface area contributed by atoms with Gasteiger partial charge in [-0.25, -0.2) is 9.37 Å². The SMILES string of the molecule is CCC(CC(C)CCC/C(C)=C/CC(O)/C(F)=C/c1csc(C)n1)C(=O)C1(CCC(=O)O)CCC1. The van der Waals surface area contributed by atoms with E-state index in [0.29, 0.717) is 18.0 Å². The molecular weight excluding hydrogens is 465 g/mol. The Kier molecular flexibility index (Phi) is 11.8. The first-order valence-electron chi connectivity index (χ1n) is 12.9. The van der Waals surface area contributed by atoms with Gasteiger partial charge in [0.1, 0.15) is 17.7 Å². The largest absolute Gasteiger partial charge is 0.481 e. The minimum Gasteiger partial charge on any atom is -0.481 e. The van der Waals surface area contributed by atoms with E-state index in [2.05, 4.69) is 18.8 Å². The first-order chi connectivity index (χ1) is 16.6. The molecule has 5 nitrogen and oxygen atoms in total. The van der Waals surface area contributed by atoms with E-state index in [1.165, 1.54) is 17.4 Å². The Hall–Kier alpha value is -1.86. The van der Waals surface area contributed by atoms with E-state index in [-0.39, 0.29) is 24.5 Å². The van der Waals surface area contributed by atoms with Gasteiger partial charge in [0.2, 0.25) is 0 Å². The van der Waals surface area contributed by atoms with E-state index in [1.54, 1.807) is 5.38 Å². The summed E-state index contributed by atoms with van der Waals surface area (Å²) in [5.74, 6) is -0.708. The van der Waals surface area contributed by atoms with Gasteiger partial charge in [-0.2, -0.15) is 0 Å². The molecule has 2 rings (SSSR count).